The van der Waals surface area contributed by atoms with Gasteiger partial charge in [-0.3, -0.25) is 4.68 Å². The van der Waals surface area contributed by atoms with E-state index in [4.69, 9.17) is 0 Å². The Labute approximate surface area is 106 Å². The highest BCUT2D eigenvalue weighted by Gasteiger charge is 2.13. The van der Waals surface area contributed by atoms with Crippen LogP contribution in [0.3, 0.4) is 0 Å². The van der Waals surface area contributed by atoms with Crippen molar-refractivity contribution in [1.29, 1.82) is 0 Å². The van der Waals surface area contributed by atoms with Crippen LogP contribution in [0.2, 0.25) is 0 Å². The second-order valence-electron chi connectivity index (χ2n) is 3.69. The third-order valence-corrected chi connectivity index (χ3v) is 3.12. The normalized spacial score (nSPS) is 12.7. The molecule has 17 heavy (non-hydrogen) atoms. The average molecular weight is 300 g/mol. The number of halogens is 2. The average Bonchev–Trinajstić information content (AvgIpc) is 2.68. The molecular formula is C11H11BrFN3O. The SMILES string of the molecule is Cn1ncnc1CC(O)c1ccc(F)c(Br)c1. The van der Waals surface area contributed by atoms with E-state index in [1.165, 1.54) is 12.4 Å². The number of aliphatic hydroxyl groups is 1. The molecule has 1 heterocycles. The highest BCUT2D eigenvalue weighted by molar-refractivity contribution is 9.10. The molecule has 2 rings (SSSR count). The van der Waals surface area contributed by atoms with Crippen LogP contribution in [0.25, 0.3) is 0 Å². The van der Waals surface area contributed by atoms with Gasteiger partial charge in [-0.2, -0.15) is 5.10 Å². The van der Waals surface area contributed by atoms with Crippen LogP contribution in [0.1, 0.15) is 17.5 Å². The van der Waals surface area contributed by atoms with Gasteiger partial charge in [-0.1, -0.05) is 6.07 Å². The summed E-state index contributed by atoms with van der Waals surface area (Å²) < 4.78 is 15.0. The summed E-state index contributed by atoms with van der Waals surface area (Å²) in [4.78, 5) is 4.03. The smallest absolute Gasteiger partial charge is 0.138 e. The van der Waals surface area contributed by atoms with Crippen LogP contribution in [0, 0.1) is 5.82 Å². The van der Waals surface area contributed by atoms with E-state index in [2.05, 4.69) is 26.0 Å². The van der Waals surface area contributed by atoms with E-state index >= 15 is 0 Å². The molecule has 0 aliphatic carbocycles. The van der Waals surface area contributed by atoms with Crippen molar-refractivity contribution < 1.29 is 9.50 Å². The maximum Gasteiger partial charge on any atom is 0.138 e. The van der Waals surface area contributed by atoms with Gasteiger partial charge in [0.05, 0.1) is 10.6 Å². The maximum atomic E-state index is 13.0. The Kier molecular flexibility index (Phi) is 3.54. The van der Waals surface area contributed by atoms with E-state index in [0.717, 1.165) is 0 Å². The van der Waals surface area contributed by atoms with Crippen LogP contribution < -0.4 is 0 Å². The third kappa shape index (κ3) is 2.70. The van der Waals surface area contributed by atoms with Crippen LogP contribution in [0.5, 0.6) is 0 Å². The molecular weight excluding hydrogens is 289 g/mol. The Hall–Kier alpha value is -1.27. The predicted octanol–water partition coefficient (Wildman–Crippen LogP) is 1.99. The maximum absolute atomic E-state index is 13.0. The third-order valence-electron chi connectivity index (χ3n) is 2.51. The highest BCUT2D eigenvalue weighted by Crippen LogP contribution is 2.23. The van der Waals surface area contributed by atoms with Crippen molar-refractivity contribution in [2.24, 2.45) is 7.05 Å². The van der Waals surface area contributed by atoms with Crippen LogP contribution in [0.4, 0.5) is 4.39 Å². The van der Waals surface area contributed by atoms with Crippen molar-refractivity contribution >= 4 is 15.9 Å². The number of aryl methyl sites for hydroxylation is 1. The van der Waals surface area contributed by atoms with Crippen molar-refractivity contribution in [2.75, 3.05) is 0 Å². The zero-order chi connectivity index (χ0) is 12.4. The lowest BCUT2D eigenvalue weighted by molar-refractivity contribution is 0.174. The number of rotatable bonds is 3. The van der Waals surface area contributed by atoms with E-state index in [9.17, 15) is 9.50 Å². The molecule has 2 aromatic rings. The fraction of sp³-hybridized carbons (Fsp3) is 0.273. The van der Waals surface area contributed by atoms with E-state index in [-0.39, 0.29) is 5.82 Å². The number of aromatic nitrogens is 3. The molecule has 1 aromatic heterocycles. The number of benzene rings is 1. The first-order chi connectivity index (χ1) is 8.08. The largest absolute Gasteiger partial charge is 0.388 e. The summed E-state index contributed by atoms with van der Waals surface area (Å²) in [5.74, 6) is 0.331. The lowest BCUT2D eigenvalue weighted by atomic mass is 10.1. The molecule has 0 fully saturated rings. The molecule has 0 spiro atoms. The van der Waals surface area contributed by atoms with Crippen molar-refractivity contribution in [3.05, 3.63) is 46.2 Å². The lowest BCUT2D eigenvalue weighted by Crippen LogP contribution is -2.07. The quantitative estimate of drug-likeness (QED) is 0.943. The van der Waals surface area contributed by atoms with Gasteiger partial charge in [0.2, 0.25) is 0 Å². The molecule has 0 aliphatic rings. The van der Waals surface area contributed by atoms with E-state index in [0.29, 0.717) is 22.3 Å². The van der Waals surface area contributed by atoms with Gasteiger partial charge in [-0.25, -0.2) is 9.37 Å². The summed E-state index contributed by atoms with van der Waals surface area (Å²) in [7, 11) is 1.76. The minimum Gasteiger partial charge on any atom is -0.388 e. The summed E-state index contributed by atoms with van der Waals surface area (Å²) in [6, 6.07) is 4.44. The van der Waals surface area contributed by atoms with E-state index in [1.807, 2.05) is 0 Å². The lowest BCUT2D eigenvalue weighted by Gasteiger charge is -2.10. The summed E-state index contributed by atoms with van der Waals surface area (Å²) in [6.45, 7) is 0. The van der Waals surface area contributed by atoms with Crippen molar-refractivity contribution in [3.63, 3.8) is 0 Å². The van der Waals surface area contributed by atoms with Crippen LogP contribution in [0.15, 0.2) is 29.0 Å². The fourth-order valence-electron chi connectivity index (χ4n) is 1.52. The summed E-state index contributed by atoms with van der Waals surface area (Å²) >= 11 is 3.09. The Balaban J connectivity index is 2.17. The Bertz CT molecular complexity index is 529. The predicted molar refractivity (Wildman–Crippen MR) is 63.8 cm³/mol. The molecule has 1 unspecified atom stereocenters. The van der Waals surface area contributed by atoms with Gasteiger partial charge in [-0.15, -0.1) is 0 Å². The molecule has 1 N–H and O–H groups in total. The second-order valence-corrected chi connectivity index (χ2v) is 4.55. The van der Waals surface area contributed by atoms with Gasteiger partial charge in [-0.05, 0) is 33.6 Å². The van der Waals surface area contributed by atoms with Crippen molar-refractivity contribution in [2.45, 2.75) is 12.5 Å². The first-order valence-corrected chi connectivity index (χ1v) is 5.83. The summed E-state index contributed by atoms with van der Waals surface area (Å²) in [6.07, 6.45) is 1.05. The molecule has 0 aliphatic heterocycles. The minimum atomic E-state index is -0.727. The fourth-order valence-corrected chi connectivity index (χ4v) is 1.91. The van der Waals surface area contributed by atoms with Crippen LogP contribution in [-0.2, 0) is 13.5 Å². The number of nitrogens with zero attached hydrogens (tertiary/aromatic N) is 3. The zero-order valence-corrected chi connectivity index (χ0v) is 10.7. The molecule has 0 bridgehead atoms. The van der Waals surface area contributed by atoms with Crippen LogP contribution in [-0.4, -0.2) is 19.9 Å². The topological polar surface area (TPSA) is 50.9 Å². The monoisotopic (exact) mass is 299 g/mol. The number of aliphatic hydroxyl groups excluding tert-OH is 1. The molecule has 6 heteroatoms. The second kappa shape index (κ2) is 4.93. The Morgan fingerprint density at radius 3 is 2.88 bits per heavy atom. The first-order valence-electron chi connectivity index (χ1n) is 5.04. The molecule has 0 saturated carbocycles. The van der Waals surface area contributed by atoms with Crippen LogP contribution >= 0.6 is 15.9 Å². The summed E-state index contributed by atoms with van der Waals surface area (Å²) in [5.41, 5.74) is 0.640. The highest BCUT2D eigenvalue weighted by atomic mass is 79.9. The van der Waals surface area contributed by atoms with E-state index < -0.39 is 6.10 Å². The standard InChI is InChI=1S/C11H11BrFN3O/c1-16-11(14-6-15-16)5-10(17)7-2-3-9(13)8(12)4-7/h2-4,6,10,17H,5H2,1H3. The van der Waals surface area contributed by atoms with Gasteiger partial charge in [0.1, 0.15) is 18.0 Å². The number of hydrogen-bond donors (Lipinski definition) is 1. The minimum absolute atomic E-state index is 0.340. The van der Waals surface area contributed by atoms with Gasteiger partial charge in [0.15, 0.2) is 0 Å². The van der Waals surface area contributed by atoms with Crippen molar-refractivity contribution in [1.82, 2.24) is 14.8 Å². The molecule has 1 aromatic carbocycles. The zero-order valence-electron chi connectivity index (χ0n) is 9.14. The Morgan fingerprint density at radius 1 is 1.53 bits per heavy atom. The molecule has 0 radical (unpaired) electrons. The van der Waals surface area contributed by atoms with Gasteiger partial charge in [0, 0.05) is 13.5 Å². The molecule has 1 atom stereocenters. The van der Waals surface area contributed by atoms with Gasteiger partial charge in [0.25, 0.3) is 0 Å². The van der Waals surface area contributed by atoms with Gasteiger partial charge >= 0.3 is 0 Å². The van der Waals surface area contributed by atoms with E-state index in [1.54, 1.807) is 23.9 Å². The van der Waals surface area contributed by atoms with Gasteiger partial charge < -0.3 is 5.11 Å². The Morgan fingerprint density at radius 2 is 2.29 bits per heavy atom. The molecule has 90 valence electrons. The number of hydrogen-bond acceptors (Lipinski definition) is 3. The molecule has 4 nitrogen and oxygen atoms in total. The first kappa shape index (κ1) is 12.2. The van der Waals surface area contributed by atoms with Crippen molar-refractivity contribution in [3.8, 4) is 0 Å². The summed E-state index contributed by atoms with van der Waals surface area (Å²) in [5, 5.41) is 13.9. The molecule has 0 amide bonds. The molecule has 0 saturated heterocycles.